The first kappa shape index (κ1) is 14.0. The molecule has 1 saturated carbocycles. The van der Waals surface area contributed by atoms with E-state index in [1.54, 1.807) is 26.1 Å². The van der Waals surface area contributed by atoms with Gasteiger partial charge < -0.3 is 10.2 Å². The molecule has 104 valence electrons. The second kappa shape index (κ2) is 6.15. The minimum absolute atomic E-state index is 0.0323. The number of likely N-dealkylation sites (N-methyl/N-ethyl adjacent to an activating group) is 1. The number of carbonyl (C=O) groups is 1. The van der Waals surface area contributed by atoms with Crippen molar-refractivity contribution in [3.8, 4) is 0 Å². The van der Waals surface area contributed by atoms with E-state index >= 15 is 0 Å². The highest BCUT2D eigenvalue weighted by atomic mass is 19.1. The lowest BCUT2D eigenvalue weighted by molar-refractivity contribution is -0.117. The van der Waals surface area contributed by atoms with Crippen LogP contribution in [0.1, 0.15) is 31.2 Å². The first-order chi connectivity index (χ1) is 9.08. The number of halogens is 1. The summed E-state index contributed by atoms with van der Waals surface area (Å²) in [6.07, 6.45) is 4.78. The average Bonchev–Trinajstić information content (AvgIpc) is 2.91. The van der Waals surface area contributed by atoms with Crippen LogP contribution in [-0.4, -0.2) is 25.5 Å². The number of anilines is 1. The van der Waals surface area contributed by atoms with E-state index in [0.29, 0.717) is 23.8 Å². The van der Waals surface area contributed by atoms with Crippen molar-refractivity contribution in [2.75, 3.05) is 18.5 Å². The minimum Gasteiger partial charge on any atom is -0.314 e. The predicted octanol–water partition coefficient (Wildman–Crippen LogP) is 2.63. The number of rotatable bonds is 4. The van der Waals surface area contributed by atoms with Gasteiger partial charge in [0.05, 0.1) is 6.54 Å². The van der Waals surface area contributed by atoms with Gasteiger partial charge in [-0.25, -0.2) is 4.39 Å². The molecule has 0 saturated heterocycles. The lowest BCUT2D eigenvalue weighted by Gasteiger charge is -2.19. The van der Waals surface area contributed by atoms with Crippen LogP contribution in [0.25, 0.3) is 0 Å². The van der Waals surface area contributed by atoms with Gasteiger partial charge in [-0.1, -0.05) is 18.9 Å². The largest absolute Gasteiger partial charge is 0.314 e. The summed E-state index contributed by atoms with van der Waals surface area (Å²) >= 11 is 0. The van der Waals surface area contributed by atoms with Crippen molar-refractivity contribution in [1.29, 1.82) is 0 Å². The zero-order chi connectivity index (χ0) is 13.8. The van der Waals surface area contributed by atoms with Gasteiger partial charge in [0, 0.05) is 18.8 Å². The SMILES string of the molecule is Cc1ccc(N(C)C(=O)CNC2CCCC2)cc1F. The second-order valence-electron chi connectivity index (χ2n) is 5.25. The lowest BCUT2D eigenvalue weighted by Crippen LogP contribution is -2.39. The Labute approximate surface area is 113 Å². The maximum absolute atomic E-state index is 13.5. The minimum atomic E-state index is -0.277. The summed E-state index contributed by atoms with van der Waals surface area (Å²) in [4.78, 5) is 13.5. The molecule has 1 aromatic rings. The molecule has 0 unspecified atom stereocenters. The van der Waals surface area contributed by atoms with Gasteiger partial charge in [-0.3, -0.25) is 4.79 Å². The zero-order valence-electron chi connectivity index (χ0n) is 11.6. The average molecular weight is 264 g/mol. The number of carbonyl (C=O) groups excluding carboxylic acids is 1. The molecule has 1 amide bonds. The highest BCUT2D eigenvalue weighted by molar-refractivity contribution is 5.94. The van der Waals surface area contributed by atoms with Gasteiger partial charge in [-0.2, -0.15) is 0 Å². The number of hydrogen-bond acceptors (Lipinski definition) is 2. The first-order valence-corrected chi connectivity index (χ1v) is 6.84. The summed E-state index contributed by atoms with van der Waals surface area (Å²) in [6.45, 7) is 2.03. The normalized spacial score (nSPS) is 15.7. The molecule has 1 aliphatic carbocycles. The lowest BCUT2D eigenvalue weighted by atomic mass is 10.2. The van der Waals surface area contributed by atoms with E-state index in [4.69, 9.17) is 0 Å². The number of amides is 1. The van der Waals surface area contributed by atoms with Crippen molar-refractivity contribution >= 4 is 11.6 Å². The Morgan fingerprint density at radius 3 is 2.74 bits per heavy atom. The molecule has 2 rings (SSSR count). The quantitative estimate of drug-likeness (QED) is 0.906. The standard InChI is InChI=1S/C15H21FN2O/c1-11-7-8-13(9-14(11)16)18(2)15(19)10-17-12-5-3-4-6-12/h7-9,12,17H,3-6,10H2,1-2H3. The number of hydrogen-bond donors (Lipinski definition) is 1. The first-order valence-electron chi connectivity index (χ1n) is 6.84. The molecular formula is C15H21FN2O. The summed E-state index contributed by atoms with van der Waals surface area (Å²) in [5.41, 5.74) is 1.19. The molecule has 4 heteroatoms. The highest BCUT2D eigenvalue weighted by Crippen LogP contribution is 2.19. The zero-order valence-corrected chi connectivity index (χ0v) is 11.6. The van der Waals surface area contributed by atoms with E-state index in [1.165, 1.54) is 23.8 Å². The van der Waals surface area contributed by atoms with Crippen LogP contribution in [0.15, 0.2) is 18.2 Å². The monoisotopic (exact) mass is 264 g/mol. The molecule has 1 aliphatic rings. The van der Waals surface area contributed by atoms with E-state index in [9.17, 15) is 9.18 Å². The molecule has 0 radical (unpaired) electrons. The van der Waals surface area contributed by atoms with Gasteiger partial charge in [0.15, 0.2) is 0 Å². The van der Waals surface area contributed by atoms with E-state index in [1.807, 2.05) is 0 Å². The molecular weight excluding hydrogens is 243 g/mol. The van der Waals surface area contributed by atoms with Crippen molar-refractivity contribution in [3.05, 3.63) is 29.6 Å². The van der Waals surface area contributed by atoms with Crippen LogP contribution < -0.4 is 10.2 Å². The third-order valence-corrected chi connectivity index (χ3v) is 3.81. The Morgan fingerprint density at radius 1 is 1.42 bits per heavy atom. The number of aryl methyl sites for hydroxylation is 1. The third kappa shape index (κ3) is 3.53. The van der Waals surface area contributed by atoms with Gasteiger partial charge in [-0.05, 0) is 37.5 Å². The van der Waals surface area contributed by atoms with Crippen LogP contribution >= 0.6 is 0 Å². The Kier molecular flexibility index (Phi) is 4.53. The molecule has 1 fully saturated rings. The molecule has 19 heavy (non-hydrogen) atoms. The second-order valence-corrected chi connectivity index (χ2v) is 5.25. The van der Waals surface area contributed by atoms with Gasteiger partial charge in [-0.15, -0.1) is 0 Å². The summed E-state index contributed by atoms with van der Waals surface area (Å²) in [5, 5.41) is 3.27. The summed E-state index contributed by atoms with van der Waals surface area (Å²) in [6, 6.07) is 5.33. The Balaban J connectivity index is 1.92. The summed E-state index contributed by atoms with van der Waals surface area (Å²) < 4.78 is 13.5. The fourth-order valence-electron chi connectivity index (χ4n) is 2.41. The maximum Gasteiger partial charge on any atom is 0.240 e. The van der Waals surface area contributed by atoms with Gasteiger partial charge >= 0.3 is 0 Å². The number of nitrogens with zero attached hydrogens (tertiary/aromatic N) is 1. The Bertz CT molecular complexity index is 455. The predicted molar refractivity (Wildman–Crippen MR) is 74.8 cm³/mol. The van der Waals surface area contributed by atoms with Crippen molar-refractivity contribution in [2.24, 2.45) is 0 Å². The van der Waals surface area contributed by atoms with Crippen LogP contribution in [0.2, 0.25) is 0 Å². The van der Waals surface area contributed by atoms with Crippen molar-refractivity contribution < 1.29 is 9.18 Å². The van der Waals surface area contributed by atoms with Crippen molar-refractivity contribution in [3.63, 3.8) is 0 Å². The smallest absolute Gasteiger partial charge is 0.240 e. The van der Waals surface area contributed by atoms with Crippen molar-refractivity contribution in [2.45, 2.75) is 38.6 Å². The summed E-state index contributed by atoms with van der Waals surface area (Å²) in [7, 11) is 1.68. The highest BCUT2D eigenvalue weighted by Gasteiger charge is 2.17. The van der Waals surface area contributed by atoms with E-state index in [-0.39, 0.29) is 11.7 Å². The molecule has 0 spiro atoms. The fraction of sp³-hybridized carbons (Fsp3) is 0.533. The Morgan fingerprint density at radius 2 is 2.11 bits per heavy atom. The third-order valence-electron chi connectivity index (χ3n) is 3.81. The van der Waals surface area contributed by atoms with E-state index in [2.05, 4.69) is 5.32 Å². The number of nitrogens with one attached hydrogen (secondary N) is 1. The van der Waals surface area contributed by atoms with E-state index < -0.39 is 0 Å². The van der Waals surface area contributed by atoms with Crippen LogP contribution in [0.3, 0.4) is 0 Å². The maximum atomic E-state index is 13.5. The molecule has 3 nitrogen and oxygen atoms in total. The molecule has 1 aromatic carbocycles. The molecule has 0 heterocycles. The van der Waals surface area contributed by atoms with Gasteiger partial charge in [0.2, 0.25) is 5.91 Å². The molecule has 0 bridgehead atoms. The van der Waals surface area contributed by atoms with E-state index in [0.717, 1.165) is 12.8 Å². The topological polar surface area (TPSA) is 32.3 Å². The van der Waals surface area contributed by atoms with Crippen LogP contribution in [-0.2, 0) is 4.79 Å². The molecule has 1 N–H and O–H groups in total. The van der Waals surface area contributed by atoms with Gasteiger partial charge in [0.1, 0.15) is 5.82 Å². The molecule has 0 atom stereocenters. The molecule has 0 aliphatic heterocycles. The van der Waals surface area contributed by atoms with Gasteiger partial charge in [0.25, 0.3) is 0 Å². The van der Waals surface area contributed by atoms with Crippen LogP contribution in [0.4, 0.5) is 10.1 Å². The summed E-state index contributed by atoms with van der Waals surface area (Å²) in [5.74, 6) is -0.309. The van der Waals surface area contributed by atoms with Crippen LogP contribution in [0, 0.1) is 12.7 Å². The van der Waals surface area contributed by atoms with Crippen LogP contribution in [0.5, 0.6) is 0 Å². The van der Waals surface area contributed by atoms with Crippen molar-refractivity contribution in [1.82, 2.24) is 5.32 Å². The number of benzene rings is 1. The Hall–Kier alpha value is -1.42. The fourth-order valence-corrected chi connectivity index (χ4v) is 2.41. The molecule has 0 aromatic heterocycles.